The number of aliphatic hydroxyl groups is 13. The predicted molar refractivity (Wildman–Crippen MR) is 349 cm³/mol. The van der Waals surface area contributed by atoms with E-state index in [-0.39, 0.29) is 25.4 Å². The Morgan fingerprint density at radius 2 is 1.07 bits per heavy atom. The molecule has 0 bridgehead atoms. The number of aliphatic carboxylic acids is 1. The van der Waals surface area contributed by atoms with E-state index in [4.69, 9.17) is 33.2 Å². The first-order valence-electron chi connectivity index (χ1n) is 35.9. The molecule has 0 aromatic carbocycles. The highest BCUT2D eigenvalue weighted by atomic mass is 16.8. The minimum Gasteiger partial charge on any atom is -0.477 e. The van der Waals surface area contributed by atoms with Crippen LogP contribution in [-0.4, -0.2) is 262 Å². The lowest BCUT2D eigenvalue weighted by molar-refractivity contribution is -0.395. The molecule has 23 atom stereocenters. The molecule has 560 valence electrons. The number of carboxylic acids is 1. The first-order valence-corrected chi connectivity index (χ1v) is 35.9. The highest BCUT2D eigenvalue weighted by molar-refractivity contribution is 5.77. The molecule has 3 unspecified atom stereocenters. The minimum atomic E-state index is -3.25. The summed E-state index contributed by atoms with van der Waals surface area (Å²) in [7, 11) is 0. The van der Waals surface area contributed by atoms with Gasteiger partial charge in [-0.15, -0.1) is 0 Å². The van der Waals surface area contributed by atoms with Crippen molar-refractivity contribution in [3.8, 4) is 0 Å². The Labute approximate surface area is 567 Å². The average molecular weight is 1380 g/mol. The molecule has 28 heteroatoms. The van der Waals surface area contributed by atoms with Crippen LogP contribution in [-0.2, 0) is 52.3 Å². The third kappa shape index (κ3) is 27.6. The van der Waals surface area contributed by atoms with Gasteiger partial charge in [0.25, 0.3) is 5.79 Å². The van der Waals surface area contributed by atoms with E-state index < -0.39 is 191 Å². The van der Waals surface area contributed by atoms with Crippen LogP contribution in [0.1, 0.15) is 220 Å². The Balaban J connectivity index is 1.54. The molecule has 3 heterocycles. The quantitative estimate of drug-likeness (QED) is 0.0305. The van der Waals surface area contributed by atoms with Crippen LogP contribution in [0.5, 0.6) is 0 Å². The average Bonchev–Trinajstić information content (AvgIpc) is 0.761. The Kier molecular flexibility index (Phi) is 41.2. The van der Waals surface area contributed by atoms with E-state index in [2.05, 4.69) is 29.8 Å². The summed E-state index contributed by atoms with van der Waals surface area (Å²) in [6.45, 7) is 2.16. The van der Waals surface area contributed by atoms with Crippen molar-refractivity contribution in [1.29, 1.82) is 0 Å². The van der Waals surface area contributed by atoms with E-state index in [0.717, 1.165) is 65.2 Å². The molecule has 1 saturated carbocycles. The number of aliphatic hydroxyl groups excluding tert-OH is 13. The molecule has 0 radical (unpaired) electrons. The maximum Gasteiger partial charge on any atom is 0.364 e. The van der Waals surface area contributed by atoms with Crippen LogP contribution in [0, 0.1) is 5.92 Å². The Bertz CT molecular complexity index is 2170. The van der Waals surface area contributed by atoms with Gasteiger partial charge in [-0.25, -0.2) is 4.79 Å². The molecule has 17 N–H and O–H groups in total. The smallest absolute Gasteiger partial charge is 0.364 e. The molecule has 0 spiro atoms. The van der Waals surface area contributed by atoms with Gasteiger partial charge in [-0.3, -0.25) is 14.4 Å². The van der Waals surface area contributed by atoms with E-state index in [1.165, 1.54) is 109 Å². The maximum absolute atomic E-state index is 13.6. The Hall–Kier alpha value is -3.18. The van der Waals surface area contributed by atoms with Gasteiger partial charge in [0.1, 0.15) is 79.3 Å². The van der Waals surface area contributed by atoms with Crippen molar-refractivity contribution in [2.75, 3.05) is 33.0 Å². The predicted octanol–water partition coefficient (Wildman–Crippen LogP) is 1.80. The normalized spacial score (nSPS) is 32.3. The summed E-state index contributed by atoms with van der Waals surface area (Å²) in [6.07, 6.45) is -1.33. The largest absolute Gasteiger partial charge is 0.477 e. The zero-order valence-electron chi connectivity index (χ0n) is 57.4. The van der Waals surface area contributed by atoms with Crippen LogP contribution in [0.3, 0.4) is 0 Å². The monoisotopic (exact) mass is 1380 g/mol. The van der Waals surface area contributed by atoms with Gasteiger partial charge in [-0.2, -0.15) is 0 Å². The molecule has 4 rings (SSSR count). The van der Waals surface area contributed by atoms with Crippen molar-refractivity contribution in [3.05, 3.63) is 12.2 Å². The second kappa shape index (κ2) is 46.4. The van der Waals surface area contributed by atoms with Gasteiger partial charge in [-0.1, -0.05) is 180 Å². The highest BCUT2D eigenvalue weighted by Crippen LogP contribution is 2.41. The molecule has 0 aromatic heterocycles. The third-order valence-electron chi connectivity index (χ3n) is 19.0. The SMILES string of the molecule is CCCCCCCCCCCCC/C=C/[C@H](O)[C@@H](COC1C[C@@H](CO)[C@H](OC2O[C@@H](CO)[C@@H](O[C@H]3O[C@@H](CO)[C@@H](O)[C@@H](O)[C@@H]3NC(C)=O)[C@@H](O[C@@]3(C(=O)O)CC(O)[C@H](NC(C)=O)[C@@H]([C@@H](O)[C@@H](O)CO)O3)[C@@H]2O)[C@@H](O)[C@@H]1O)NC(=O)CCCCCCCCCCCCCCCCC. The van der Waals surface area contributed by atoms with Crippen molar-refractivity contribution in [2.45, 2.75) is 354 Å². The summed E-state index contributed by atoms with van der Waals surface area (Å²) < 4.78 is 42.4. The summed E-state index contributed by atoms with van der Waals surface area (Å²) in [5.41, 5.74) is 0. The van der Waals surface area contributed by atoms with Crippen LogP contribution >= 0.6 is 0 Å². The fourth-order valence-electron chi connectivity index (χ4n) is 13.3. The third-order valence-corrected chi connectivity index (χ3v) is 19.0. The molecule has 96 heavy (non-hydrogen) atoms. The number of carbonyl (C=O) groups excluding carboxylic acids is 3. The summed E-state index contributed by atoms with van der Waals surface area (Å²) in [5, 5.41) is 163. The number of hydrogen-bond donors (Lipinski definition) is 17. The molecule has 0 aromatic rings. The lowest BCUT2D eigenvalue weighted by Crippen LogP contribution is -2.72. The lowest BCUT2D eigenvalue weighted by atomic mass is 9.80. The number of allylic oxidation sites excluding steroid dienone is 1. The zero-order chi connectivity index (χ0) is 70.7. The Morgan fingerprint density at radius 3 is 1.57 bits per heavy atom. The number of amides is 3. The standard InChI is InChI=1S/C68H123N3O25/c1-5-7-9-11-13-15-17-19-20-22-24-26-28-30-32-34-52(81)71-45(46(78)33-31-29-27-25-23-21-18-16-14-12-10-8-6-2)41-90-49-35-44(37-72)61(59(86)56(49)83)93-66-60(87)64(62(51(40-75)92-66)94-65-54(70-43(4)77)58(85)57(84)50(39-74)91-65)96-68(67(88)89)36-47(79)53(69-42(3)76)63(95-68)55(82)48(80)38-73/h31,33,44-51,53-66,72-75,78-80,82-87H,5-30,32,34-41H2,1-4H3,(H,69,76)(H,70,77)(H,71,81)(H,88,89)/b33-31+/t44-,45+,46-,47?,48-,49?,50-,51-,53-,54-,55-,56+,57+,58-,59-,60-,61-,62+,63-,64-,65+,66?,68+/m0/s1. The van der Waals surface area contributed by atoms with Crippen molar-refractivity contribution < 1.29 is 124 Å². The number of carboxylic acid groups (broad SMARTS) is 1. The fraction of sp³-hybridized carbons (Fsp3) is 0.912. The molecule has 4 fully saturated rings. The minimum absolute atomic E-state index is 0.193. The van der Waals surface area contributed by atoms with Gasteiger partial charge in [0.15, 0.2) is 12.6 Å². The van der Waals surface area contributed by atoms with Gasteiger partial charge in [0, 0.05) is 39.2 Å². The van der Waals surface area contributed by atoms with E-state index in [9.17, 15) is 90.7 Å². The molecule has 28 nitrogen and oxygen atoms in total. The summed E-state index contributed by atoms with van der Waals surface area (Å²) in [5.74, 6) is -8.43. The second-order valence-electron chi connectivity index (χ2n) is 27.0. The van der Waals surface area contributed by atoms with E-state index >= 15 is 0 Å². The van der Waals surface area contributed by atoms with Gasteiger partial charge in [0.05, 0.1) is 62.9 Å². The first kappa shape index (κ1) is 85.2. The maximum atomic E-state index is 13.6. The van der Waals surface area contributed by atoms with E-state index in [1.807, 2.05) is 6.08 Å². The van der Waals surface area contributed by atoms with Gasteiger partial charge < -0.3 is 121 Å². The van der Waals surface area contributed by atoms with Crippen LogP contribution < -0.4 is 16.0 Å². The lowest BCUT2D eigenvalue weighted by Gasteiger charge is -2.52. The second-order valence-corrected chi connectivity index (χ2v) is 27.0. The number of unbranched alkanes of at least 4 members (excludes halogenated alkanes) is 25. The van der Waals surface area contributed by atoms with Crippen molar-refractivity contribution in [3.63, 3.8) is 0 Å². The summed E-state index contributed by atoms with van der Waals surface area (Å²) >= 11 is 0. The van der Waals surface area contributed by atoms with Crippen molar-refractivity contribution in [1.82, 2.24) is 16.0 Å². The van der Waals surface area contributed by atoms with Crippen LogP contribution in [0.15, 0.2) is 12.2 Å². The number of ether oxygens (including phenoxy) is 7. The molecule has 3 aliphatic heterocycles. The van der Waals surface area contributed by atoms with Crippen LogP contribution in [0.2, 0.25) is 0 Å². The number of rotatable bonds is 49. The van der Waals surface area contributed by atoms with Crippen molar-refractivity contribution in [2.24, 2.45) is 5.92 Å². The van der Waals surface area contributed by atoms with Gasteiger partial charge in [-0.05, 0) is 25.7 Å². The molecule has 3 saturated heterocycles. The van der Waals surface area contributed by atoms with Gasteiger partial charge in [0.2, 0.25) is 17.7 Å². The van der Waals surface area contributed by atoms with E-state index in [1.54, 1.807) is 6.08 Å². The Morgan fingerprint density at radius 1 is 0.573 bits per heavy atom. The molecular weight excluding hydrogens is 1260 g/mol. The first-order chi connectivity index (χ1) is 46.0. The van der Waals surface area contributed by atoms with Crippen LogP contribution in [0.4, 0.5) is 0 Å². The number of carbonyl (C=O) groups is 4. The topological polar surface area (TPSA) is 452 Å². The highest BCUT2D eigenvalue weighted by Gasteiger charge is 2.61. The molecule has 3 amide bonds. The zero-order valence-corrected chi connectivity index (χ0v) is 57.4. The van der Waals surface area contributed by atoms with Gasteiger partial charge >= 0.3 is 5.97 Å². The number of nitrogens with one attached hydrogen (secondary N) is 3. The van der Waals surface area contributed by atoms with Crippen molar-refractivity contribution >= 4 is 23.7 Å². The summed E-state index contributed by atoms with van der Waals surface area (Å²) in [6, 6.07) is -4.41. The van der Waals surface area contributed by atoms with E-state index in [0.29, 0.717) is 12.8 Å². The fourth-order valence-corrected chi connectivity index (χ4v) is 13.3. The van der Waals surface area contributed by atoms with Crippen LogP contribution in [0.25, 0.3) is 0 Å². The summed E-state index contributed by atoms with van der Waals surface area (Å²) in [4.78, 5) is 52.0. The molecular formula is C68H123N3O25. The number of hydrogen-bond acceptors (Lipinski definition) is 24. The molecule has 1 aliphatic carbocycles. The molecule has 4 aliphatic rings.